The zero-order chi connectivity index (χ0) is 24.3. The molecule has 1 aliphatic rings. The first-order chi connectivity index (χ1) is 16.2. The highest BCUT2D eigenvalue weighted by molar-refractivity contribution is 7.89. The zero-order valence-corrected chi connectivity index (χ0v) is 20.7. The SMILES string of the molecule is Cc1ccc(S(=O)(=O)N2CCN(Cc3cccc(C(=O)Nc4cccc(C)c4C)c3)CC2)cc1. The average Bonchev–Trinajstić information content (AvgIpc) is 2.83. The van der Waals surface area contributed by atoms with Crippen molar-refractivity contribution in [2.24, 2.45) is 0 Å². The van der Waals surface area contributed by atoms with Crippen LogP contribution in [0.25, 0.3) is 0 Å². The number of piperazine rings is 1. The fourth-order valence-electron chi connectivity index (χ4n) is 4.14. The van der Waals surface area contributed by atoms with Crippen LogP contribution in [0.2, 0.25) is 0 Å². The Labute approximate surface area is 202 Å². The normalized spacial score (nSPS) is 15.3. The molecule has 0 saturated carbocycles. The van der Waals surface area contributed by atoms with Crippen LogP contribution in [0.4, 0.5) is 5.69 Å². The van der Waals surface area contributed by atoms with Gasteiger partial charge in [0.25, 0.3) is 5.91 Å². The van der Waals surface area contributed by atoms with Crippen molar-refractivity contribution in [3.05, 3.63) is 94.5 Å². The highest BCUT2D eigenvalue weighted by Crippen LogP contribution is 2.21. The lowest BCUT2D eigenvalue weighted by Crippen LogP contribution is -2.48. The summed E-state index contributed by atoms with van der Waals surface area (Å²) in [5.41, 5.74) is 5.69. The second kappa shape index (κ2) is 10.1. The zero-order valence-electron chi connectivity index (χ0n) is 19.9. The number of hydrogen-bond acceptors (Lipinski definition) is 4. The van der Waals surface area contributed by atoms with Crippen molar-refractivity contribution in [3.8, 4) is 0 Å². The van der Waals surface area contributed by atoms with Gasteiger partial charge in [-0.25, -0.2) is 8.42 Å². The van der Waals surface area contributed by atoms with Gasteiger partial charge in [-0.1, -0.05) is 42.0 Å². The molecule has 0 atom stereocenters. The molecular weight excluding hydrogens is 446 g/mol. The second-order valence-corrected chi connectivity index (χ2v) is 10.8. The fraction of sp³-hybridized carbons (Fsp3) is 0.296. The van der Waals surface area contributed by atoms with Crippen molar-refractivity contribution in [1.82, 2.24) is 9.21 Å². The number of rotatable bonds is 6. The molecule has 1 N–H and O–H groups in total. The number of nitrogens with one attached hydrogen (secondary N) is 1. The first-order valence-corrected chi connectivity index (χ1v) is 12.9. The van der Waals surface area contributed by atoms with Crippen LogP contribution in [-0.2, 0) is 16.6 Å². The summed E-state index contributed by atoms with van der Waals surface area (Å²) in [5.74, 6) is -0.135. The summed E-state index contributed by atoms with van der Waals surface area (Å²) in [6.07, 6.45) is 0. The van der Waals surface area contributed by atoms with Gasteiger partial charge >= 0.3 is 0 Å². The summed E-state index contributed by atoms with van der Waals surface area (Å²) in [6, 6.07) is 20.5. The van der Waals surface area contributed by atoms with Crippen LogP contribution in [0.5, 0.6) is 0 Å². The Kier molecular flexibility index (Phi) is 7.16. The van der Waals surface area contributed by atoms with E-state index < -0.39 is 10.0 Å². The van der Waals surface area contributed by atoms with Gasteiger partial charge in [0.15, 0.2) is 0 Å². The van der Waals surface area contributed by atoms with E-state index in [1.165, 1.54) is 0 Å². The summed E-state index contributed by atoms with van der Waals surface area (Å²) < 4.78 is 27.4. The van der Waals surface area contributed by atoms with Crippen molar-refractivity contribution in [2.75, 3.05) is 31.5 Å². The number of nitrogens with zero attached hydrogens (tertiary/aromatic N) is 2. The number of hydrogen-bond donors (Lipinski definition) is 1. The first-order valence-electron chi connectivity index (χ1n) is 11.5. The van der Waals surface area contributed by atoms with Crippen molar-refractivity contribution in [2.45, 2.75) is 32.2 Å². The van der Waals surface area contributed by atoms with Gasteiger partial charge in [-0.3, -0.25) is 9.69 Å². The van der Waals surface area contributed by atoms with Crippen LogP contribution < -0.4 is 5.32 Å². The van der Waals surface area contributed by atoms with E-state index in [1.54, 1.807) is 16.4 Å². The van der Waals surface area contributed by atoms with Crippen LogP contribution in [-0.4, -0.2) is 49.7 Å². The molecule has 34 heavy (non-hydrogen) atoms. The monoisotopic (exact) mass is 477 g/mol. The third kappa shape index (κ3) is 5.38. The lowest BCUT2D eigenvalue weighted by molar-refractivity contribution is 0.102. The lowest BCUT2D eigenvalue weighted by Gasteiger charge is -2.34. The van der Waals surface area contributed by atoms with E-state index in [0.29, 0.717) is 43.2 Å². The molecule has 0 unspecified atom stereocenters. The minimum Gasteiger partial charge on any atom is -0.322 e. The van der Waals surface area contributed by atoms with Gasteiger partial charge in [0.05, 0.1) is 4.90 Å². The number of aryl methyl sites for hydroxylation is 2. The Hall–Kier alpha value is -3.00. The summed E-state index contributed by atoms with van der Waals surface area (Å²) in [7, 11) is -3.48. The van der Waals surface area contributed by atoms with Crippen LogP contribution in [0.1, 0.15) is 32.6 Å². The Morgan fingerprint density at radius 2 is 1.56 bits per heavy atom. The number of benzene rings is 3. The summed E-state index contributed by atoms with van der Waals surface area (Å²) in [6.45, 7) is 8.82. The molecule has 1 amide bonds. The smallest absolute Gasteiger partial charge is 0.255 e. The van der Waals surface area contributed by atoms with E-state index in [4.69, 9.17) is 0 Å². The number of carbonyl (C=O) groups is 1. The molecular formula is C27H31N3O3S. The lowest BCUT2D eigenvalue weighted by atomic mass is 10.1. The van der Waals surface area contributed by atoms with Gasteiger partial charge in [-0.05, 0) is 67.8 Å². The van der Waals surface area contributed by atoms with Gasteiger partial charge in [-0.15, -0.1) is 0 Å². The van der Waals surface area contributed by atoms with E-state index in [1.807, 2.05) is 75.4 Å². The maximum absolute atomic E-state index is 12.9. The van der Waals surface area contributed by atoms with E-state index >= 15 is 0 Å². The molecule has 0 aromatic heterocycles. The number of carbonyl (C=O) groups excluding carboxylic acids is 1. The van der Waals surface area contributed by atoms with E-state index in [-0.39, 0.29) is 5.91 Å². The molecule has 6 nitrogen and oxygen atoms in total. The molecule has 1 heterocycles. The molecule has 3 aromatic carbocycles. The predicted octanol–water partition coefficient (Wildman–Crippen LogP) is 4.37. The molecule has 0 aliphatic carbocycles. The number of amides is 1. The summed E-state index contributed by atoms with van der Waals surface area (Å²) >= 11 is 0. The Bertz CT molecular complexity index is 1280. The third-order valence-electron chi connectivity index (χ3n) is 6.44. The van der Waals surface area contributed by atoms with Crippen LogP contribution in [0.15, 0.2) is 71.6 Å². The van der Waals surface area contributed by atoms with Gasteiger partial charge in [0.2, 0.25) is 10.0 Å². The standard InChI is InChI=1S/C27H31N3O3S/c1-20-10-12-25(13-11-20)34(32,33)30-16-14-29(15-17-30)19-23-7-5-8-24(18-23)27(31)28-26-9-4-6-21(2)22(26)3/h4-13,18H,14-17,19H2,1-3H3,(H,28,31). The van der Waals surface area contributed by atoms with Gasteiger partial charge < -0.3 is 5.32 Å². The summed E-state index contributed by atoms with van der Waals surface area (Å²) in [4.78, 5) is 15.4. The molecule has 0 spiro atoms. The van der Waals surface area contributed by atoms with Crippen LogP contribution >= 0.6 is 0 Å². The minimum atomic E-state index is -3.48. The predicted molar refractivity (Wildman–Crippen MR) is 136 cm³/mol. The van der Waals surface area contributed by atoms with Gasteiger partial charge in [0.1, 0.15) is 0 Å². The second-order valence-electron chi connectivity index (χ2n) is 8.90. The highest BCUT2D eigenvalue weighted by atomic mass is 32.2. The highest BCUT2D eigenvalue weighted by Gasteiger charge is 2.28. The van der Waals surface area contributed by atoms with Crippen molar-refractivity contribution < 1.29 is 13.2 Å². The first kappa shape index (κ1) is 24.1. The molecule has 1 saturated heterocycles. The van der Waals surface area contributed by atoms with Crippen molar-refractivity contribution in [1.29, 1.82) is 0 Å². The topological polar surface area (TPSA) is 69.7 Å². The van der Waals surface area contributed by atoms with Gasteiger partial charge in [0, 0.05) is 44.0 Å². The minimum absolute atomic E-state index is 0.135. The molecule has 178 valence electrons. The third-order valence-corrected chi connectivity index (χ3v) is 8.35. The molecule has 0 bridgehead atoms. The molecule has 7 heteroatoms. The van der Waals surface area contributed by atoms with E-state index in [2.05, 4.69) is 10.2 Å². The Balaban J connectivity index is 1.37. The Morgan fingerprint density at radius 3 is 2.26 bits per heavy atom. The molecule has 1 fully saturated rings. The fourth-order valence-corrected chi connectivity index (χ4v) is 5.56. The maximum atomic E-state index is 12.9. The van der Waals surface area contributed by atoms with E-state index in [0.717, 1.165) is 27.9 Å². The number of anilines is 1. The molecule has 4 rings (SSSR count). The Morgan fingerprint density at radius 1 is 0.882 bits per heavy atom. The van der Waals surface area contributed by atoms with E-state index in [9.17, 15) is 13.2 Å². The average molecular weight is 478 g/mol. The quantitative estimate of drug-likeness (QED) is 0.572. The van der Waals surface area contributed by atoms with Gasteiger partial charge in [-0.2, -0.15) is 4.31 Å². The van der Waals surface area contributed by atoms with Crippen LogP contribution in [0.3, 0.4) is 0 Å². The number of sulfonamides is 1. The van der Waals surface area contributed by atoms with Crippen LogP contribution in [0, 0.1) is 20.8 Å². The summed E-state index contributed by atoms with van der Waals surface area (Å²) in [5, 5.41) is 3.01. The maximum Gasteiger partial charge on any atom is 0.255 e. The molecule has 0 radical (unpaired) electrons. The van der Waals surface area contributed by atoms with Crippen molar-refractivity contribution in [3.63, 3.8) is 0 Å². The molecule has 3 aromatic rings. The molecule has 1 aliphatic heterocycles. The largest absolute Gasteiger partial charge is 0.322 e. The van der Waals surface area contributed by atoms with Crippen molar-refractivity contribution >= 4 is 21.6 Å².